The van der Waals surface area contributed by atoms with Gasteiger partial charge in [0.25, 0.3) is 0 Å². The van der Waals surface area contributed by atoms with Crippen LogP contribution < -0.4 is 5.32 Å². The average Bonchev–Trinajstić information content (AvgIpc) is 2.37. The SMILES string of the molecule is CCCS(=O)(=O)CCN1CC(C)NCC1(CC)CC. The van der Waals surface area contributed by atoms with Crippen LogP contribution in [0.3, 0.4) is 0 Å². The molecule has 0 aromatic rings. The van der Waals surface area contributed by atoms with Crippen molar-refractivity contribution >= 4 is 9.84 Å². The third kappa shape index (κ3) is 4.43. The molecule has 1 N–H and O–H groups in total. The molecule has 1 heterocycles. The van der Waals surface area contributed by atoms with Crippen LogP contribution in [0.25, 0.3) is 0 Å². The average molecular weight is 290 g/mol. The van der Waals surface area contributed by atoms with Gasteiger partial charge in [-0.1, -0.05) is 20.8 Å². The van der Waals surface area contributed by atoms with E-state index in [1.165, 1.54) is 0 Å². The second-order valence-corrected chi connectivity index (χ2v) is 8.11. The van der Waals surface area contributed by atoms with Crippen molar-refractivity contribution in [1.82, 2.24) is 10.2 Å². The zero-order chi connectivity index (χ0) is 14.5. The summed E-state index contributed by atoms with van der Waals surface area (Å²) in [5, 5.41) is 3.54. The largest absolute Gasteiger partial charge is 0.311 e. The maximum Gasteiger partial charge on any atom is 0.151 e. The summed E-state index contributed by atoms with van der Waals surface area (Å²) in [4.78, 5) is 2.40. The Hall–Kier alpha value is -0.130. The predicted molar refractivity (Wildman–Crippen MR) is 81.3 cm³/mol. The lowest BCUT2D eigenvalue weighted by Crippen LogP contribution is -2.64. The molecule has 114 valence electrons. The standard InChI is InChI=1S/C14H30N2O2S/c1-5-9-19(17,18)10-8-16-11-13(4)15-12-14(16,6-2)7-3/h13,15H,5-12H2,1-4H3. The highest BCUT2D eigenvalue weighted by molar-refractivity contribution is 7.91. The molecule has 1 aliphatic rings. The first-order valence-corrected chi connectivity index (χ1v) is 9.40. The van der Waals surface area contributed by atoms with Crippen LogP contribution in [-0.4, -0.2) is 56.0 Å². The molecule has 0 bridgehead atoms. The van der Waals surface area contributed by atoms with Crippen molar-refractivity contribution in [3.05, 3.63) is 0 Å². The summed E-state index contributed by atoms with van der Waals surface area (Å²) in [7, 11) is -2.88. The second-order valence-electron chi connectivity index (χ2n) is 5.81. The van der Waals surface area contributed by atoms with Crippen LogP contribution in [0, 0.1) is 0 Å². The number of nitrogens with zero attached hydrogens (tertiary/aromatic N) is 1. The maximum absolute atomic E-state index is 11.9. The number of rotatable bonds is 7. The monoisotopic (exact) mass is 290 g/mol. The zero-order valence-electron chi connectivity index (χ0n) is 12.9. The van der Waals surface area contributed by atoms with E-state index in [9.17, 15) is 8.42 Å². The highest BCUT2D eigenvalue weighted by Gasteiger charge is 2.37. The van der Waals surface area contributed by atoms with Crippen LogP contribution in [0.4, 0.5) is 0 Å². The van der Waals surface area contributed by atoms with Gasteiger partial charge < -0.3 is 5.32 Å². The van der Waals surface area contributed by atoms with Crippen molar-refractivity contribution in [2.75, 3.05) is 31.1 Å². The van der Waals surface area contributed by atoms with Gasteiger partial charge in [-0.15, -0.1) is 0 Å². The van der Waals surface area contributed by atoms with Crippen LogP contribution in [-0.2, 0) is 9.84 Å². The molecule has 19 heavy (non-hydrogen) atoms. The van der Waals surface area contributed by atoms with Crippen LogP contribution in [0.2, 0.25) is 0 Å². The van der Waals surface area contributed by atoms with E-state index in [2.05, 4.69) is 31.0 Å². The summed E-state index contributed by atoms with van der Waals surface area (Å²) in [6.07, 6.45) is 2.85. The van der Waals surface area contributed by atoms with Gasteiger partial charge in [-0.2, -0.15) is 0 Å². The molecule has 0 amide bonds. The normalized spacial score (nSPS) is 24.5. The van der Waals surface area contributed by atoms with Crippen molar-refractivity contribution in [1.29, 1.82) is 0 Å². The number of nitrogens with one attached hydrogen (secondary N) is 1. The summed E-state index contributed by atoms with van der Waals surface area (Å²) in [6.45, 7) is 11.1. The fourth-order valence-electron chi connectivity index (χ4n) is 3.00. The van der Waals surface area contributed by atoms with E-state index in [1.807, 2.05) is 6.92 Å². The van der Waals surface area contributed by atoms with E-state index in [1.54, 1.807) is 0 Å². The van der Waals surface area contributed by atoms with Gasteiger partial charge >= 0.3 is 0 Å². The smallest absolute Gasteiger partial charge is 0.151 e. The number of hydrogen-bond donors (Lipinski definition) is 1. The molecule has 1 rings (SSSR count). The summed E-state index contributed by atoms with van der Waals surface area (Å²) in [6, 6.07) is 0.445. The van der Waals surface area contributed by atoms with Gasteiger partial charge in [-0.05, 0) is 26.2 Å². The second kappa shape index (κ2) is 7.04. The third-order valence-electron chi connectivity index (χ3n) is 4.45. The fraction of sp³-hybridized carbons (Fsp3) is 1.00. The van der Waals surface area contributed by atoms with Crippen LogP contribution >= 0.6 is 0 Å². The molecule has 4 nitrogen and oxygen atoms in total. The topological polar surface area (TPSA) is 49.4 Å². The minimum Gasteiger partial charge on any atom is -0.311 e. The van der Waals surface area contributed by atoms with Crippen LogP contribution in [0.5, 0.6) is 0 Å². The summed E-state index contributed by atoms with van der Waals surface area (Å²) < 4.78 is 23.8. The van der Waals surface area contributed by atoms with Crippen molar-refractivity contribution in [3.8, 4) is 0 Å². The van der Waals surface area contributed by atoms with E-state index in [-0.39, 0.29) is 5.54 Å². The van der Waals surface area contributed by atoms with Crippen molar-refractivity contribution in [3.63, 3.8) is 0 Å². The number of sulfone groups is 1. The molecular weight excluding hydrogens is 260 g/mol. The third-order valence-corrected chi connectivity index (χ3v) is 6.28. The van der Waals surface area contributed by atoms with Gasteiger partial charge in [0.2, 0.25) is 0 Å². The Balaban J connectivity index is 2.71. The molecule has 5 heteroatoms. The quantitative estimate of drug-likeness (QED) is 0.775. The van der Waals surface area contributed by atoms with Crippen molar-refractivity contribution in [2.45, 2.75) is 58.5 Å². The highest BCUT2D eigenvalue weighted by Crippen LogP contribution is 2.26. The van der Waals surface area contributed by atoms with E-state index < -0.39 is 9.84 Å². The van der Waals surface area contributed by atoms with E-state index in [4.69, 9.17) is 0 Å². The Morgan fingerprint density at radius 2 is 1.84 bits per heavy atom. The number of hydrogen-bond acceptors (Lipinski definition) is 4. The van der Waals surface area contributed by atoms with E-state index in [0.29, 0.717) is 30.5 Å². The van der Waals surface area contributed by atoms with Gasteiger partial charge in [-0.25, -0.2) is 8.42 Å². The molecule has 0 spiro atoms. The van der Waals surface area contributed by atoms with Crippen molar-refractivity contribution < 1.29 is 8.42 Å². The Morgan fingerprint density at radius 1 is 1.21 bits per heavy atom. The lowest BCUT2D eigenvalue weighted by molar-refractivity contribution is 0.0407. The Labute approximate surface area is 118 Å². The lowest BCUT2D eigenvalue weighted by atomic mass is 9.87. The Bertz CT molecular complexity index is 364. The van der Waals surface area contributed by atoms with Gasteiger partial charge in [-0.3, -0.25) is 4.90 Å². The summed E-state index contributed by atoms with van der Waals surface area (Å²) in [5.74, 6) is 0.620. The molecule has 1 saturated heterocycles. The molecular formula is C14H30N2O2S. The van der Waals surface area contributed by atoms with Crippen molar-refractivity contribution in [2.24, 2.45) is 0 Å². The number of piperazine rings is 1. The van der Waals surface area contributed by atoms with Gasteiger partial charge in [0, 0.05) is 37.0 Å². The molecule has 0 saturated carbocycles. The van der Waals surface area contributed by atoms with Crippen LogP contribution in [0.1, 0.15) is 47.0 Å². The molecule has 1 unspecified atom stereocenters. The van der Waals surface area contributed by atoms with Gasteiger partial charge in [0.1, 0.15) is 0 Å². The molecule has 1 aliphatic heterocycles. The Kier molecular flexibility index (Phi) is 6.27. The van der Waals surface area contributed by atoms with Gasteiger partial charge in [0.15, 0.2) is 9.84 Å². The van der Waals surface area contributed by atoms with E-state index >= 15 is 0 Å². The lowest BCUT2D eigenvalue weighted by Gasteiger charge is -2.49. The first kappa shape index (κ1) is 16.9. The molecule has 0 radical (unpaired) electrons. The molecule has 0 aromatic carbocycles. The minimum atomic E-state index is -2.88. The maximum atomic E-state index is 11.9. The first-order valence-electron chi connectivity index (χ1n) is 7.58. The summed E-state index contributed by atoms with van der Waals surface area (Å²) >= 11 is 0. The van der Waals surface area contributed by atoms with E-state index in [0.717, 1.165) is 25.9 Å². The zero-order valence-corrected chi connectivity index (χ0v) is 13.7. The molecule has 0 aliphatic carbocycles. The van der Waals surface area contributed by atoms with Gasteiger partial charge in [0.05, 0.1) is 5.75 Å². The molecule has 0 aromatic heterocycles. The molecule has 1 fully saturated rings. The fourth-order valence-corrected chi connectivity index (χ4v) is 4.33. The minimum absolute atomic E-state index is 0.133. The Morgan fingerprint density at radius 3 is 2.37 bits per heavy atom. The van der Waals surface area contributed by atoms with Crippen LogP contribution in [0.15, 0.2) is 0 Å². The highest BCUT2D eigenvalue weighted by atomic mass is 32.2. The summed E-state index contributed by atoms with van der Waals surface area (Å²) in [5.41, 5.74) is 0.133. The molecule has 1 atom stereocenters. The predicted octanol–water partition coefficient (Wildman–Crippen LogP) is 1.66. The first-order chi connectivity index (χ1) is 8.89.